The highest BCUT2D eigenvalue weighted by molar-refractivity contribution is 5.76. The first kappa shape index (κ1) is 19.4. The van der Waals surface area contributed by atoms with E-state index in [0.29, 0.717) is 24.3 Å². The summed E-state index contributed by atoms with van der Waals surface area (Å²) in [6.45, 7) is 4.17. The number of aryl methyl sites for hydroxylation is 1. The lowest BCUT2D eigenvalue weighted by atomic mass is 9.81. The number of carbonyl (C=O) groups excluding carboxylic acids is 1. The van der Waals surface area contributed by atoms with Crippen molar-refractivity contribution in [3.8, 4) is 0 Å². The summed E-state index contributed by atoms with van der Waals surface area (Å²) in [5, 5.41) is 11.0. The maximum absolute atomic E-state index is 12.5. The smallest absolute Gasteiger partial charge is 0.220 e. The highest BCUT2D eigenvalue weighted by Crippen LogP contribution is 2.27. The number of hydrogen-bond acceptors (Lipinski definition) is 4. The Morgan fingerprint density at radius 3 is 2.92 bits per heavy atom. The summed E-state index contributed by atoms with van der Waals surface area (Å²) >= 11 is 0. The minimum atomic E-state index is 0.248. The van der Waals surface area contributed by atoms with Crippen LogP contribution in [0.3, 0.4) is 0 Å². The Labute approximate surface area is 157 Å². The molecule has 146 valence electrons. The number of nitrogens with zero attached hydrogens (tertiary/aromatic N) is 1. The quantitative estimate of drug-likeness (QED) is 0.742. The van der Waals surface area contributed by atoms with Gasteiger partial charge in [-0.15, -0.1) is 0 Å². The van der Waals surface area contributed by atoms with Gasteiger partial charge in [0, 0.05) is 24.9 Å². The third kappa shape index (κ3) is 5.83. The molecule has 1 saturated heterocycles. The Balaban J connectivity index is 1.50. The number of nitrogens with one attached hydrogen (secondary N) is 2. The van der Waals surface area contributed by atoms with Crippen LogP contribution in [0.4, 0.5) is 0 Å². The molecule has 1 aliphatic carbocycles. The Morgan fingerprint density at radius 2 is 2.12 bits per heavy atom. The fourth-order valence-electron chi connectivity index (χ4n) is 4.45. The number of aromatic nitrogens is 1. The van der Waals surface area contributed by atoms with Crippen molar-refractivity contribution in [2.24, 2.45) is 11.8 Å². The Kier molecular flexibility index (Phi) is 7.54. The number of hydrogen-bond donors (Lipinski definition) is 2. The SMILES string of the molecule is CCCCc1cc(C[C@@H]2CNCC[C@H]2CC(=O)NC2CCCCC2)no1. The molecule has 2 atom stereocenters. The lowest BCUT2D eigenvalue weighted by Crippen LogP contribution is -2.42. The molecule has 3 rings (SSSR count). The molecule has 26 heavy (non-hydrogen) atoms. The monoisotopic (exact) mass is 361 g/mol. The van der Waals surface area contributed by atoms with E-state index in [9.17, 15) is 4.79 Å². The van der Waals surface area contributed by atoms with Crippen molar-refractivity contribution in [2.45, 2.75) is 83.6 Å². The highest BCUT2D eigenvalue weighted by Gasteiger charge is 2.29. The average molecular weight is 362 g/mol. The summed E-state index contributed by atoms with van der Waals surface area (Å²) in [5.74, 6) is 2.15. The van der Waals surface area contributed by atoms with Crippen LogP contribution in [0, 0.1) is 11.8 Å². The van der Waals surface area contributed by atoms with Gasteiger partial charge >= 0.3 is 0 Å². The van der Waals surface area contributed by atoms with Crippen LogP contribution in [-0.4, -0.2) is 30.2 Å². The third-order valence-electron chi connectivity index (χ3n) is 6.04. The van der Waals surface area contributed by atoms with Gasteiger partial charge in [0.15, 0.2) is 0 Å². The topological polar surface area (TPSA) is 67.2 Å². The standard InChI is InChI=1S/C21H35N3O2/c1-2-3-9-20-14-19(24-26-20)12-17-15-22-11-10-16(17)13-21(25)23-18-7-5-4-6-8-18/h14,16-18,22H,2-13,15H2,1H3,(H,23,25)/t16-,17+/m0/s1. The van der Waals surface area contributed by atoms with Crippen molar-refractivity contribution in [3.05, 3.63) is 17.5 Å². The van der Waals surface area contributed by atoms with E-state index in [4.69, 9.17) is 4.52 Å². The lowest BCUT2D eigenvalue weighted by molar-refractivity contribution is -0.123. The van der Waals surface area contributed by atoms with Crippen LogP contribution in [0.25, 0.3) is 0 Å². The predicted molar refractivity (Wildman–Crippen MR) is 103 cm³/mol. The number of rotatable bonds is 8. The summed E-state index contributed by atoms with van der Waals surface area (Å²) in [6, 6.07) is 2.52. The molecule has 0 spiro atoms. The molecule has 1 aromatic heterocycles. The Morgan fingerprint density at radius 1 is 1.27 bits per heavy atom. The minimum Gasteiger partial charge on any atom is -0.361 e. The molecule has 0 aromatic carbocycles. The van der Waals surface area contributed by atoms with Crippen molar-refractivity contribution < 1.29 is 9.32 Å². The second-order valence-corrected chi connectivity index (χ2v) is 8.21. The molecule has 0 bridgehead atoms. The second-order valence-electron chi connectivity index (χ2n) is 8.21. The minimum absolute atomic E-state index is 0.248. The van der Waals surface area contributed by atoms with E-state index < -0.39 is 0 Å². The van der Waals surface area contributed by atoms with Gasteiger partial charge in [0.25, 0.3) is 0 Å². The van der Waals surface area contributed by atoms with Crippen molar-refractivity contribution >= 4 is 5.91 Å². The van der Waals surface area contributed by atoms with Gasteiger partial charge in [-0.2, -0.15) is 0 Å². The van der Waals surface area contributed by atoms with E-state index in [1.165, 1.54) is 25.7 Å². The van der Waals surface area contributed by atoms with Crippen LogP contribution in [0.5, 0.6) is 0 Å². The number of piperidine rings is 1. The van der Waals surface area contributed by atoms with Crippen LogP contribution >= 0.6 is 0 Å². The number of carbonyl (C=O) groups is 1. The molecule has 0 unspecified atom stereocenters. The maximum atomic E-state index is 12.5. The van der Waals surface area contributed by atoms with E-state index in [1.807, 2.05) is 0 Å². The van der Waals surface area contributed by atoms with Crippen LogP contribution in [-0.2, 0) is 17.6 Å². The van der Waals surface area contributed by atoms with Gasteiger partial charge in [-0.3, -0.25) is 4.79 Å². The van der Waals surface area contributed by atoms with E-state index >= 15 is 0 Å². The van der Waals surface area contributed by atoms with Crippen LogP contribution < -0.4 is 10.6 Å². The van der Waals surface area contributed by atoms with Gasteiger partial charge in [0.1, 0.15) is 5.76 Å². The molecule has 1 saturated carbocycles. The van der Waals surface area contributed by atoms with Crippen molar-refractivity contribution in [2.75, 3.05) is 13.1 Å². The zero-order chi connectivity index (χ0) is 18.2. The first-order valence-corrected chi connectivity index (χ1v) is 10.7. The summed E-state index contributed by atoms with van der Waals surface area (Å²) in [5.41, 5.74) is 1.04. The van der Waals surface area contributed by atoms with E-state index in [-0.39, 0.29) is 5.91 Å². The normalized spacial score (nSPS) is 24.5. The molecule has 1 aliphatic heterocycles. The van der Waals surface area contributed by atoms with Gasteiger partial charge in [-0.25, -0.2) is 0 Å². The molecule has 2 N–H and O–H groups in total. The number of amides is 1. The molecule has 2 heterocycles. The zero-order valence-corrected chi connectivity index (χ0v) is 16.3. The highest BCUT2D eigenvalue weighted by atomic mass is 16.5. The fourth-order valence-corrected chi connectivity index (χ4v) is 4.45. The summed E-state index contributed by atoms with van der Waals surface area (Å²) in [6.07, 6.45) is 12.1. The molecule has 5 heteroatoms. The Bertz CT molecular complexity index is 551. The molecule has 2 aliphatic rings. The van der Waals surface area contributed by atoms with Crippen molar-refractivity contribution in [1.29, 1.82) is 0 Å². The van der Waals surface area contributed by atoms with Gasteiger partial charge in [0.05, 0.1) is 5.69 Å². The third-order valence-corrected chi connectivity index (χ3v) is 6.04. The number of unbranched alkanes of at least 4 members (excludes halogenated alkanes) is 1. The first-order valence-electron chi connectivity index (χ1n) is 10.7. The summed E-state index contributed by atoms with van der Waals surface area (Å²) in [4.78, 5) is 12.5. The van der Waals surface area contributed by atoms with Gasteiger partial charge in [0.2, 0.25) is 5.91 Å². The molecular weight excluding hydrogens is 326 g/mol. The van der Waals surface area contributed by atoms with E-state index in [0.717, 1.165) is 63.1 Å². The Hall–Kier alpha value is -1.36. The zero-order valence-electron chi connectivity index (χ0n) is 16.3. The second kappa shape index (κ2) is 10.1. The van der Waals surface area contributed by atoms with Gasteiger partial charge in [-0.05, 0) is 57.0 Å². The van der Waals surface area contributed by atoms with E-state index in [2.05, 4.69) is 28.8 Å². The van der Waals surface area contributed by atoms with Crippen LogP contribution in [0.2, 0.25) is 0 Å². The van der Waals surface area contributed by atoms with Crippen LogP contribution in [0.1, 0.15) is 76.2 Å². The molecule has 1 amide bonds. The molecule has 1 aromatic rings. The van der Waals surface area contributed by atoms with Gasteiger partial charge in [-0.1, -0.05) is 37.8 Å². The molecule has 5 nitrogen and oxygen atoms in total. The molecular formula is C21H35N3O2. The van der Waals surface area contributed by atoms with Crippen molar-refractivity contribution in [3.63, 3.8) is 0 Å². The predicted octanol–water partition coefficient (Wildman–Crippen LogP) is 3.62. The van der Waals surface area contributed by atoms with Crippen LogP contribution in [0.15, 0.2) is 10.6 Å². The fraction of sp³-hybridized carbons (Fsp3) is 0.810. The molecule has 2 fully saturated rings. The molecule has 0 radical (unpaired) electrons. The maximum Gasteiger partial charge on any atom is 0.220 e. The van der Waals surface area contributed by atoms with Crippen molar-refractivity contribution in [1.82, 2.24) is 15.8 Å². The van der Waals surface area contributed by atoms with E-state index in [1.54, 1.807) is 0 Å². The first-order chi connectivity index (χ1) is 12.7. The summed E-state index contributed by atoms with van der Waals surface area (Å²) in [7, 11) is 0. The average Bonchev–Trinajstić information content (AvgIpc) is 3.10. The van der Waals surface area contributed by atoms with Gasteiger partial charge < -0.3 is 15.2 Å². The largest absolute Gasteiger partial charge is 0.361 e. The summed E-state index contributed by atoms with van der Waals surface area (Å²) < 4.78 is 5.48. The lowest BCUT2D eigenvalue weighted by Gasteiger charge is -2.32.